The molecule has 0 aliphatic heterocycles. The predicted molar refractivity (Wildman–Crippen MR) is 101 cm³/mol. The first-order valence-corrected chi connectivity index (χ1v) is 9.17. The summed E-state index contributed by atoms with van der Waals surface area (Å²) in [5.41, 5.74) is 1.74. The van der Waals surface area contributed by atoms with Crippen molar-refractivity contribution in [3.8, 4) is 11.1 Å². The Morgan fingerprint density at radius 2 is 1.43 bits per heavy atom. The van der Waals surface area contributed by atoms with Gasteiger partial charge in [-0.15, -0.1) is 0 Å². The van der Waals surface area contributed by atoms with Crippen molar-refractivity contribution in [2.45, 2.75) is 58.3 Å². The molecule has 0 atom stereocenters. The molecular formula is C23H30. The van der Waals surface area contributed by atoms with Gasteiger partial charge in [-0.2, -0.15) is 0 Å². The zero-order chi connectivity index (χ0) is 19.4. The van der Waals surface area contributed by atoms with Gasteiger partial charge in [-0.25, -0.2) is 0 Å². The molecule has 0 unspecified atom stereocenters. The topological polar surface area (TPSA) is 0 Å². The molecule has 0 amide bonds. The fourth-order valence-corrected chi connectivity index (χ4v) is 3.78. The molecule has 0 spiro atoms. The van der Waals surface area contributed by atoms with E-state index in [-0.39, 0.29) is 24.2 Å². The molecule has 3 rings (SSSR count). The molecule has 0 nitrogen and oxygen atoms in total. The molecule has 23 heavy (non-hydrogen) atoms. The lowest BCUT2D eigenvalue weighted by atomic mass is 9.78. The van der Waals surface area contributed by atoms with Crippen LogP contribution in [0.25, 0.3) is 11.1 Å². The van der Waals surface area contributed by atoms with Crippen LogP contribution in [0.2, 0.25) is 0 Å². The predicted octanol–water partition coefficient (Wildman–Crippen LogP) is 6.89. The third kappa shape index (κ3) is 4.70. The Morgan fingerprint density at radius 1 is 0.826 bits per heavy atom. The average Bonchev–Trinajstić information content (AvgIpc) is 2.69. The fourth-order valence-electron chi connectivity index (χ4n) is 3.78. The summed E-state index contributed by atoms with van der Waals surface area (Å²) in [5.74, 6) is 1.55. The number of benzene rings is 2. The van der Waals surface area contributed by atoms with Crippen LogP contribution in [0.4, 0.5) is 0 Å². The van der Waals surface area contributed by atoms with E-state index >= 15 is 0 Å². The lowest BCUT2D eigenvalue weighted by molar-refractivity contribution is 0.252. The van der Waals surface area contributed by atoms with E-state index in [4.69, 9.17) is 5.48 Å². The van der Waals surface area contributed by atoms with Crippen LogP contribution in [0.3, 0.4) is 0 Å². The van der Waals surface area contributed by atoms with Crippen LogP contribution in [-0.4, -0.2) is 0 Å². The molecule has 1 aliphatic rings. The first-order valence-electron chi connectivity index (χ1n) is 11.2. The van der Waals surface area contributed by atoms with Gasteiger partial charge < -0.3 is 0 Å². The van der Waals surface area contributed by atoms with Gasteiger partial charge in [0.25, 0.3) is 0 Å². The maximum absolute atomic E-state index is 8.44. The summed E-state index contributed by atoms with van der Waals surface area (Å²) in [7, 11) is 0. The van der Waals surface area contributed by atoms with Gasteiger partial charge in [-0.3, -0.25) is 0 Å². The molecular weight excluding hydrogens is 276 g/mol. The highest BCUT2D eigenvalue weighted by Gasteiger charge is 2.20. The van der Waals surface area contributed by atoms with Gasteiger partial charge in [-0.1, -0.05) is 100.0 Å². The molecule has 2 aromatic carbocycles. The standard InChI is InChI=1S/C23H30/c1-2-6-19-9-11-20(12-10-19)13-14-21-15-17-23(18-16-21)22-7-4-3-5-8-22/h3-5,7-8,15-20H,2,6,9-14H2,1H3/i15D,16D,17D,18D. The van der Waals surface area contributed by atoms with E-state index in [1.54, 1.807) is 0 Å². The van der Waals surface area contributed by atoms with E-state index in [0.29, 0.717) is 23.5 Å². The van der Waals surface area contributed by atoms with E-state index in [1.807, 2.05) is 30.3 Å². The number of hydrogen-bond acceptors (Lipinski definition) is 0. The third-order valence-corrected chi connectivity index (χ3v) is 5.21. The summed E-state index contributed by atoms with van der Waals surface area (Å²) in [6.07, 6.45) is 9.33. The van der Waals surface area contributed by atoms with E-state index < -0.39 is 0 Å². The van der Waals surface area contributed by atoms with E-state index in [1.165, 1.54) is 38.5 Å². The minimum absolute atomic E-state index is 0.0869. The molecule has 1 fully saturated rings. The van der Waals surface area contributed by atoms with Gasteiger partial charge in [-0.05, 0) is 41.4 Å². The molecule has 0 N–H and O–H groups in total. The van der Waals surface area contributed by atoms with Gasteiger partial charge in [0.15, 0.2) is 0 Å². The van der Waals surface area contributed by atoms with Crippen LogP contribution in [0.15, 0.2) is 54.5 Å². The number of rotatable bonds is 6. The van der Waals surface area contributed by atoms with Crippen molar-refractivity contribution in [3.63, 3.8) is 0 Å². The van der Waals surface area contributed by atoms with Crippen molar-refractivity contribution < 1.29 is 5.48 Å². The molecule has 1 aliphatic carbocycles. The Balaban J connectivity index is 1.75. The van der Waals surface area contributed by atoms with Gasteiger partial charge in [0.1, 0.15) is 0 Å². The fraction of sp³-hybridized carbons (Fsp3) is 0.478. The number of hydrogen-bond donors (Lipinski definition) is 0. The second-order valence-electron chi connectivity index (χ2n) is 6.93. The summed E-state index contributed by atoms with van der Waals surface area (Å²) in [6, 6.07) is 9.76. The molecule has 1 saturated carbocycles. The summed E-state index contributed by atoms with van der Waals surface area (Å²) >= 11 is 0. The normalized spacial score (nSPS) is 23.7. The SMILES string of the molecule is [2H]c1c([2H])c(-c2ccccc2)c([2H])c([2H])c1CCC1CCC(CCC)CC1. The van der Waals surface area contributed by atoms with Gasteiger partial charge >= 0.3 is 0 Å². The molecule has 0 aromatic heterocycles. The van der Waals surface area contributed by atoms with Crippen molar-refractivity contribution in [1.29, 1.82) is 0 Å². The summed E-state index contributed by atoms with van der Waals surface area (Å²) in [4.78, 5) is 0. The lowest BCUT2D eigenvalue weighted by Gasteiger charge is -2.28. The average molecular weight is 311 g/mol. The Labute approximate surface area is 147 Å². The summed E-state index contributed by atoms with van der Waals surface area (Å²) in [5, 5.41) is 0. The van der Waals surface area contributed by atoms with E-state index in [9.17, 15) is 0 Å². The summed E-state index contributed by atoms with van der Waals surface area (Å²) < 4.78 is 33.7. The molecule has 0 heterocycles. The second-order valence-corrected chi connectivity index (χ2v) is 6.93. The summed E-state index contributed by atoms with van der Waals surface area (Å²) in [6.45, 7) is 2.26. The van der Waals surface area contributed by atoms with Crippen LogP contribution in [-0.2, 0) is 6.42 Å². The van der Waals surface area contributed by atoms with E-state index in [2.05, 4.69) is 6.92 Å². The van der Waals surface area contributed by atoms with Crippen LogP contribution < -0.4 is 0 Å². The van der Waals surface area contributed by atoms with Crippen molar-refractivity contribution in [2.75, 3.05) is 0 Å². The maximum Gasteiger partial charge on any atom is 0.0629 e. The zero-order valence-electron chi connectivity index (χ0n) is 18.2. The van der Waals surface area contributed by atoms with Crippen molar-refractivity contribution in [1.82, 2.24) is 0 Å². The molecule has 0 heteroatoms. The van der Waals surface area contributed by atoms with Crippen LogP contribution in [0.5, 0.6) is 0 Å². The van der Waals surface area contributed by atoms with Crippen LogP contribution >= 0.6 is 0 Å². The van der Waals surface area contributed by atoms with Crippen molar-refractivity contribution >= 4 is 0 Å². The molecule has 0 saturated heterocycles. The Kier molecular flexibility index (Phi) is 4.31. The highest BCUT2D eigenvalue weighted by Crippen LogP contribution is 2.34. The molecule has 122 valence electrons. The largest absolute Gasteiger partial charge is 0.0654 e. The lowest BCUT2D eigenvalue weighted by Crippen LogP contribution is -2.15. The Hall–Kier alpha value is -1.56. The second kappa shape index (κ2) is 8.34. The minimum atomic E-state index is 0.0869. The van der Waals surface area contributed by atoms with Crippen LogP contribution in [0.1, 0.15) is 62.9 Å². The Morgan fingerprint density at radius 3 is 2.04 bits per heavy atom. The van der Waals surface area contributed by atoms with Crippen molar-refractivity contribution in [3.05, 3.63) is 60.1 Å². The highest BCUT2D eigenvalue weighted by atomic mass is 14.3. The first-order chi connectivity index (χ1) is 13.0. The smallest absolute Gasteiger partial charge is 0.0629 e. The monoisotopic (exact) mass is 310 g/mol. The van der Waals surface area contributed by atoms with Crippen LogP contribution in [0, 0.1) is 11.8 Å². The molecule has 0 bridgehead atoms. The quantitative estimate of drug-likeness (QED) is 0.544. The highest BCUT2D eigenvalue weighted by molar-refractivity contribution is 5.63. The minimum Gasteiger partial charge on any atom is -0.0654 e. The zero-order valence-corrected chi connectivity index (χ0v) is 14.2. The maximum atomic E-state index is 8.44. The van der Waals surface area contributed by atoms with Gasteiger partial charge in [0.05, 0.1) is 5.48 Å². The molecule has 0 radical (unpaired) electrons. The Bertz CT molecular complexity index is 733. The molecule has 2 aromatic rings. The van der Waals surface area contributed by atoms with Gasteiger partial charge in [0, 0.05) is 0 Å². The first kappa shape index (κ1) is 11.9. The van der Waals surface area contributed by atoms with E-state index in [0.717, 1.165) is 17.9 Å². The van der Waals surface area contributed by atoms with Gasteiger partial charge in [0.2, 0.25) is 0 Å². The van der Waals surface area contributed by atoms with Crippen molar-refractivity contribution in [2.24, 2.45) is 11.8 Å². The third-order valence-electron chi connectivity index (χ3n) is 5.21.